The fourth-order valence-corrected chi connectivity index (χ4v) is 2.13. The molecule has 0 bridgehead atoms. The van der Waals surface area contributed by atoms with Gasteiger partial charge in [-0.05, 0) is 23.8 Å². The number of halogens is 1. The number of carbonyl (C=O) groups is 2. The molecule has 0 radical (unpaired) electrons. The number of non-ortho nitro benzene ring substituents is 1. The zero-order valence-electron chi connectivity index (χ0n) is 13.5. The smallest absolute Gasteiger partial charge is 0.270 e. The number of carbonyl (C=O) groups excluding carboxylic acids is 2. The quantitative estimate of drug-likeness (QED) is 0.507. The van der Waals surface area contributed by atoms with E-state index in [0.717, 1.165) is 12.1 Å². The SMILES string of the molecule is O=C(CNC(=O)c1cccc([N+](=O)[O-])c1)NCC(O)c1cccc(F)c1. The fraction of sp³-hybridized carbons (Fsp3) is 0.176. The summed E-state index contributed by atoms with van der Waals surface area (Å²) in [6.45, 7) is -0.535. The molecule has 2 aromatic carbocycles. The van der Waals surface area contributed by atoms with Crippen molar-refractivity contribution in [2.24, 2.45) is 0 Å². The predicted molar refractivity (Wildman–Crippen MR) is 89.8 cm³/mol. The Bertz CT molecular complexity index is 828. The van der Waals surface area contributed by atoms with Crippen molar-refractivity contribution in [3.8, 4) is 0 Å². The minimum atomic E-state index is -1.10. The molecule has 3 N–H and O–H groups in total. The molecule has 9 heteroatoms. The third-order valence-corrected chi connectivity index (χ3v) is 3.45. The third kappa shape index (κ3) is 5.35. The lowest BCUT2D eigenvalue weighted by Gasteiger charge is -2.12. The van der Waals surface area contributed by atoms with Crippen molar-refractivity contribution >= 4 is 17.5 Å². The van der Waals surface area contributed by atoms with E-state index in [-0.39, 0.29) is 24.3 Å². The summed E-state index contributed by atoms with van der Waals surface area (Å²) in [4.78, 5) is 33.7. The number of hydrogen-bond acceptors (Lipinski definition) is 5. The first-order valence-electron chi connectivity index (χ1n) is 7.59. The lowest BCUT2D eigenvalue weighted by Crippen LogP contribution is -2.38. The van der Waals surface area contributed by atoms with E-state index in [2.05, 4.69) is 10.6 Å². The van der Waals surface area contributed by atoms with Crippen LogP contribution in [0.15, 0.2) is 48.5 Å². The van der Waals surface area contributed by atoms with Crippen LogP contribution in [-0.2, 0) is 4.79 Å². The molecule has 0 spiro atoms. The summed E-state index contributed by atoms with van der Waals surface area (Å²) in [5.74, 6) is -1.72. The van der Waals surface area contributed by atoms with Crippen molar-refractivity contribution in [1.82, 2.24) is 10.6 Å². The van der Waals surface area contributed by atoms with Gasteiger partial charge < -0.3 is 15.7 Å². The Labute approximate surface area is 147 Å². The summed E-state index contributed by atoms with van der Waals surface area (Å²) in [6, 6.07) is 10.4. The summed E-state index contributed by atoms with van der Waals surface area (Å²) in [5, 5.41) is 25.3. The number of aliphatic hydroxyl groups is 1. The molecular formula is C17H16FN3O5. The summed E-state index contributed by atoms with van der Waals surface area (Å²) >= 11 is 0. The van der Waals surface area contributed by atoms with Crippen LogP contribution in [0.2, 0.25) is 0 Å². The average molecular weight is 361 g/mol. The van der Waals surface area contributed by atoms with Crippen LogP contribution in [0, 0.1) is 15.9 Å². The number of nitro groups is 1. The molecule has 2 aromatic rings. The van der Waals surface area contributed by atoms with E-state index in [1.807, 2.05) is 0 Å². The number of hydrogen-bond donors (Lipinski definition) is 3. The summed E-state index contributed by atoms with van der Waals surface area (Å²) in [7, 11) is 0. The Morgan fingerprint density at radius 2 is 1.88 bits per heavy atom. The highest BCUT2D eigenvalue weighted by Gasteiger charge is 2.14. The molecule has 0 fully saturated rings. The average Bonchev–Trinajstić information content (AvgIpc) is 2.64. The van der Waals surface area contributed by atoms with Gasteiger partial charge in [0.25, 0.3) is 11.6 Å². The zero-order chi connectivity index (χ0) is 19.1. The van der Waals surface area contributed by atoms with Crippen LogP contribution in [0.1, 0.15) is 22.0 Å². The molecule has 0 saturated heterocycles. The highest BCUT2D eigenvalue weighted by atomic mass is 19.1. The molecular weight excluding hydrogens is 345 g/mol. The van der Waals surface area contributed by atoms with Gasteiger partial charge in [0.05, 0.1) is 17.6 Å². The van der Waals surface area contributed by atoms with E-state index < -0.39 is 28.7 Å². The van der Waals surface area contributed by atoms with Gasteiger partial charge in [0.1, 0.15) is 5.82 Å². The lowest BCUT2D eigenvalue weighted by atomic mass is 10.1. The van der Waals surface area contributed by atoms with Crippen molar-refractivity contribution in [3.05, 3.63) is 75.6 Å². The Morgan fingerprint density at radius 1 is 1.15 bits per heavy atom. The zero-order valence-corrected chi connectivity index (χ0v) is 13.5. The Hall–Kier alpha value is -3.33. The summed E-state index contributed by atoms with van der Waals surface area (Å²) in [5.41, 5.74) is 0.123. The van der Waals surface area contributed by atoms with Gasteiger partial charge >= 0.3 is 0 Å². The van der Waals surface area contributed by atoms with Crippen LogP contribution in [0.5, 0.6) is 0 Å². The van der Waals surface area contributed by atoms with Gasteiger partial charge in [0.2, 0.25) is 5.91 Å². The number of amides is 2. The van der Waals surface area contributed by atoms with Crippen molar-refractivity contribution in [1.29, 1.82) is 0 Å². The summed E-state index contributed by atoms with van der Waals surface area (Å²) < 4.78 is 13.1. The van der Waals surface area contributed by atoms with Gasteiger partial charge in [-0.25, -0.2) is 4.39 Å². The van der Waals surface area contributed by atoms with Crippen molar-refractivity contribution in [2.75, 3.05) is 13.1 Å². The van der Waals surface area contributed by atoms with Gasteiger partial charge in [-0.15, -0.1) is 0 Å². The molecule has 8 nitrogen and oxygen atoms in total. The first kappa shape index (κ1) is 19.0. The Kier molecular flexibility index (Phi) is 6.34. The third-order valence-electron chi connectivity index (χ3n) is 3.45. The van der Waals surface area contributed by atoms with Crippen LogP contribution >= 0.6 is 0 Å². The number of nitrogens with one attached hydrogen (secondary N) is 2. The molecule has 0 aliphatic carbocycles. The number of benzene rings is 2. The van der Waals surface area contributed by atoms with Crippen LogP contribution < -0.4 is 10.6 Å². The highest BCUT2D eigenvalue weighted by molar-refractivity contribution is 5.96. The monoisotopic (exact) mass is 361 g/mol. The highest BCUT2D eigenvalue weighted by Crippen LogP contribution is 2.13. The lowest BCUT2D eigenvalue weighted by molar-refractivity contribution is -0.384. The maximum atomic E-state index is 13.1. The Morgan fingerprint density at radius 3 is 2.58 bits per heavy atom. The van der Waals surface area contributed by atoms with E-state index in [0.29, 0.717) is 5.56 Å². The second-order valence-electron chi connectivity index (χ2n) is 5.36. The van der Waals surface area contributed by atoms with Crippen LogP contribution in [0.3, 0.4) is 0 Å². The van der Waals surface area contributed by atoms with Crippen LogP contribution in [0.25, 0.3) is 0 Å². The molecule has 0 aliphatic heterocycles. The number of rotatable bonds is 7. The van der Waals surface area contributed by atoms with E-state index in [1.54, 1.807) is 0 Å². The molecule has 26 heavy (non-hydrogen) atoms. The molecule has 1 unspecified atom stereocenters. The van der Waals surface area contributed by atoms with E-state index in [1.165, 1.54) is 36.4 Å². The number of nitrogens with zero attached hydrogens (tertiary/aromatic N) is 1. The topological polar surface area (TPSA) is 122 Å². The fourth-order valence-electron chi connectivity index (χ4n) is 2.13. The largest absolute Gasteiger partial charge is 0.387 e. The molecule has 1 atom stereocenters. The number of aliphatic hydroxyl groups excluding tert-OH is 1. The predicted octanol–water partition coefficient (Wildman–Crippen LogP) is 1.31. The maximum Gasteiger partial charge on any atom is 0.270 e. The van der Waals surface area contributed by atoms with Crippen LogP contribution in [-0.4, -0.2) is 34.9 Å². The Balaban J connectivity index is 1.82. The molecule has 0 heterocycles. The molecule has 0 saturated carbocycles. The standard InChI is InChI=1S/C17H16FN3O5/c18-13-5-1-3-11(7-13)15(22)9-19-16(23)10-20-17(24)12-4-2-6-14(8-12)21(25)26/h1-8,15,22H,9-10H2,(H,19,23)(H,20,24). The van der Waals surface area contributed by atoms with Gasteiger partial charge in [-0.2, -0.15) is 0 Å². The first-order chi connectivity index (χ1) is 12.4. The van der Waals surface area contributed by atoms with Crippen LogP contribution in [0.4, 0.5) is 10.1 Å². The maximum absolute atomic E-state index is 13.1. The minimum Gasteiger partial charge on any atom is -0.387 e. The molecule has 2 amide bonds. The minimum absolute atomic E-state index is 0.0480. The molecule has 0 aliphatic rings. The number of nitro benzene ring substituents is 1. The van der Waals surface area contributed by atoms with Crippen molar-refractivity contribution in [3.63, 3.8) is 0 Å². The van der Waals surface area contributed by atoms with Gasteiger partial charge in [0, 0.05) is 24.2 Å². The second kappa shape index (κ2) is 8.67. The molecule has 2 rings (SSSR count). The normalized spacial score (nSPS) is 11.5. The first-order valence-corrected chi connectivity index (χ1v) is 7.59. The van der Waals surface area contributed by atoms with Gasteiger partial charge in [0.15, 0.2) is 0 Å². The van der Waals surface area contributed by atoms with Crippen molar-refractivity contribution < 1.29 is 24.0 Å². The van der Waals surface area contributed by atoms with Gasteiger partial charge in [-0.3, -0.25) is 19.7 Å². The van der Waals surface area contributed by atoms with Gasteiger partial charge in [-0.1, -0.05) is 18.2 Å². The molecule has 0 aromatic heterocycles. The van der Waals surface area contributed by atoms with E-state index in [9.17, 15) is 29.2 Å². The second-order valence-corrected chi connectivity index (χ2v) is 5.36. The van der Waals surface area contributed by atoms with E-state index in [4.69, 9.17) is 0 Å². The molecule has 136 valence electrons. The van der Waals surface area contributed by atoms with Crippen molar-refractivity contribution in [2.45, 2.75) is 6.10 Å². The summed E-state index contributed by atoms with van der Waals surface area (Å²) in [6.07, 6.45) is -1.10. The van der Waals surface area contributed by atoms with E-state index >= 15 is 0 Å².